The maximum absolute atomic E-state index is 11.4. The molecule has 1 rings (SSSR count). The van der Waals surface area contributed by atoms with E-state index in [0.29, 0.717) is 12.5 Å². The topological polar surface area (TPSA) is 44.1 Å². The van der Waals surface area contributed by atoms with Crippen LogP contribution >= 0.6 is 0 Å². The van der Waals surface area contributed by atoms with E-state index in [-0.39, 0.29) is 11.8 Å². The van der Waals surface area contributed by atoms with Gasteiger partial charge in [-0.3, -0.25) is 4.79 Å². The van der Waals surface area contributed by atoms with E-state index in [1.165, 1.54) is 0 Å². The predicted octanol–water partition coefficient (Wildman–Crippen LogP) is 1.94. The summed E-state index contributed by atoms with van der Waals surface area (Å²) in [4.78, 5) is 13.3. The summed E-state index contributed by atoms with van der Waals surface area (Å²) in [7, 11) is 1.88. The van der Waals surface area contributed by atoms with Crippen LogP contribution in [0.15, 0.2) is 0 Å². The minimum Gasteiger partial charge on any atom is -0.343 e. The Morgan fingerprint density at radius 3 is 2.43 bits per heavy atom. The van der Waals surface area contributed by atoms with Crippen LogP contribution in [0.4, 0.5) is 0 Å². The van der Waals surface area contributed by atoms with Crippen LogP contribution in [0.2, 0.25) is 0 Å². The number of carbonyl (C=O) groups is 1. The average molecular weight is 194 g/mol. The molecule has 3 nitrogen and oxygen atoms in total. The standard InChI is InChI=1S/C11H18N2O/c1-3-11(14)13(2)10-6-4-9(8-12)5-7-10/h9-10H,3-7H2,1-2H3. The Kier molecular flexibility index (Phi) is 3.94. The molecular formula is C11H18N2O. The van der Waals surface area contributed by atoms with Gasteiger partial charge < -0.3 is 4.90 Å². The Labute approximate surface area is 85.7 Å². The quantitative estimate of drug-likeness (QED) is 0.674. The summed E-state index contributed by atoms with van der Waals surface area (Å²) >= 11 is 0. The first kappa shape index (κ1) is 11.0. The van der Waals surface area contributed by atoms with E-state index in [4.69, 9.17) is 5.26 Å². The van der Waals surface area contributed by atoms with Crippen LogP contribution in [0.5, 0.6) is 0 Å². The van der Waals surface area contributed by atoms with Crippen molar-refractivity contribution in [3.63, 3.8) is 0 Å². The average Bonchev–Trinajstić information content (AvgIpc) is 2.27. The zero-order valence-corrected chi connectivity index (χ0v) is 8.99. The second-order valence-electron chi connectivity index (χ2n) is 3.99. The first-order valence-electron chi connectivity index (χ1n) is 5.34. The highest BCUT2D eigenvalue weighted by Crippen LogP contribution is 2.26. The lowest BCUT2D eigenvalue weighted by atomic mass is 9.86. The van der Waals surface area contributed by atoms with Crippen LogP contribution in [0.3, 0.4) is 0 Å². The largest absolute Gasteiger partial charge is 0.343 e. The Hall–Kier alpha value is -1.04. The summed E-state index contributed by atoms with van der Waals surface area (Å²) in [5, 5.41) is 8.74. The van der Waals surface area contributed by atoms with Crippen molar-refractivity contribution in [1.29, 1.82) is 5.26 Å². The molecule has 0 saturated heterocycles. The Morgan fingerprint density at radius 2 is 2.00 bits per heavy atom. The van der Waals surface area contributed by atoms with Gasteiger partial charge in [-0.2, -0.15) is 5.26 Å². The minimum atomic E-state index is 0.213. The summed E-state index contributed by atoms with van der Waals surface area (Å²) in [6.07, 6.45) is 4.45. The zero-order chi connectivity index (χ0) is 10.6. The Bertz CT molecular complexity index is 236. The summed E-state index contributed by atoms with van der Waals surface area (Å²) in [5.41, 5.74) is 0. The third-order valence-electron chi connectivity index (χ3n) is 3.12. The third kappa shape index (κ3) is 2.47. The summed E-state index contributed by atoms with van der Waals surface area (Å²) in [5.74, 6) is 0.432. The fraction of sp³-hybridized carbons (Fsp3) is 0.818. The van der Waals surface area contributed by atoms with Crippen LogP contribution in [0.25, 0.3) is 0 Å². The van der Waals surface area contributed by atoms with E-state index in [0.717, 1.165) is 25.7 Å². The van der Waals surface area contributed by atoms with Gasteiger partial charge in [-0.15, -0.1) is 0 Å². The summed E-state index contributed by atoms with van der Waals surface area (Å²) in [6.45, 7) is 1.89. The number of rotatable bonds is 2. The highest BCUT2D eigenvalue weighted by atomic mass is 16.2. The van der Waals surface area contributed by atoms with Crippen molar-refractivity contribution in [1.82, 2.24) is 4.90 Å². The van der Waals surface area contributed by atoms with Gasteiger partial charge in [-0.25, -0.2) is 0 Å². The molecule has 0 aromatic rings. The van der Waals surface area contributed by atoms with Crippen molar-refractivity contribution in [2.75, 3.05) is 7.05 Å². The molecule has 14 heavy (non-hydrogen) atoms. The smallest absolute Gasteiger partial charge is 0.222 e. The van der Waals surface area contributed by atoms with Gasteiger partial charge in [0.05, 0.1) is 6.07 Å². The van der Waals surface area contributed by atoms with Gasteiger partial charge >= 0.3 is 0 Å². The molecule has 1 aliphatic carbocycles. The van der Waals surface area contributed by atoms with Crippen molar-refractivity contribution in [2.45, 2.75) is 45.1 Å². The van der Waals surface area contributed by atoms with E-state index in [9.17, 15) is 4.79 Å². The molecule has 0 spiro atoms. The van der Waals surface area contributed by atoms with E-state index >= 15 is 0 Å². The van der Waals surface area contributed by atoms with Crippen LogP contribution in [-0.4, -0.2) is 23.9 Å². The first-order chi connectivity index (χ1) is 6.69. The number of nitrogens with zero attached hydrogens (tertiary/aromatic N) is 2. The van der Waals surface area contributed by atoms with Gasteiger partial charge in [0.2, 0.25) is 5.91 Å². The molecule has 0 radical (unpaired) electrons. The van der Waals surface area contributed by atoms with E-state index in [2.05, 4.69) is 6.07 Å². The van der Waals surface area contributed by atoms with Crippen LogP contribution in [0.1, 0.15) is 39.0 Å². The molecule has 1 amide bonds. The van der Waals surface area contributed by atoms with E-state index in [1.807, 2.05) is 18.9 Å². The molecule has 78 valence electrons. The van der Waals surface area contributed by atoms with Crippen LogP contribution < -0.4 is 0 Å². The molecule has 0 unspecified atom stereocenters. The molecule has 0 aromatic carbocycles. The molecule has 0 atom stereocenters. The number of hydrogen-bond acceptors (Lipinski definition) is 2. The molecule has 0 aliphatic heterocycles. The third-order valence-corrected chi connectivity index (χ3v) is 3.12. The maximum Gasteiger partial charge on any atom is 0.222 e. The molecular weight excluding hydrogens is 176 g/mol. The zero-order valence-electron chi connectivity index (χ0n) is 8.99. The first-order valence-corrected chi connectivity index (χ1v) is 5.34. The highest BCUT2D eigenvalue weighted by molar-refractivity contribution is 5.75. The molecule has 1 fully saturated rings. The van der Waals surface area contributed by atoms with Gasteiger partial charge in [-0.05, 0) is 25.7 Å². The van der Waals surface area contributed by atoms with Gasteiger partial charge in [-0.1, -0.05) is 6.92 Å². The van der Waals surface area contributed by atoms with Crippen molar-refractivity contribution < 1.29 is 4.79 Å². The summed E-state index contributed by atoms with van der Waals surface area (Å²) in [6, 6.07) is 2.67. The number of nitriles is 1. The second-order valence-corrected chi connectivity index (χ2v) is 3.99. The SMILES string of the molecule is CCC(=O)N(C)C1CCC(C#N)CC1. The Morgan fingerprint density at radius 1 is 1.43 bits per heavy atom. The number of amides is 1. The van der Waals surface area contributed by atoms with Crippen molar-refractivity contribution in [2.24, 2.45) is 5.92 Å². The molecule has 0 bridgehead atoms. The molecule has 0 aromatic heterocycles. The normalized spacial score (nSPS) is 26.6. The van der Waals surface area contributed by atoms with Crippen molar-refractivity contribution in [3.8, 4) is 6.07 Å². The lowest BCUT2D eigenvalue weighted by Crippen LogP contribution is -2.38. The minimum absolute atomic E-state index is 0.213. The fourth-order valence-corrected chi connectivity index (χ4v) is 2.05. The molecule has 0 N–H and O–H groups in total. The van der Waals surface area contributed by atoms with E-state index in [1.54, 1.807) is 0 Å². The van der Waals surface area contributed by atoms with E-state index < -0.39 is 0 Å². The van der Waals surface area contributed by atoms with Crippen molar-refractivity contribution in [3.05, 3.63) is 0 Å². The lowest BCUT2D eigenvalue weighted by Gasteiger charge is -2.32. The second kappa shape index (κ2) is 4.99. The molecule has 1 aliphatic rings. The molecule has 3 heteroatoms. The maximum atomic E-state index is 11.4. The van der Waals surface area contributed by atoms with Crippen LogP contribution in [0, 0.1) is 17.2 Å². The Balaban J connectivity index is 2.42. The lowest BCUT2D eigenvalue weighted by molar-refractivity contribution is -0.132. The monoisotopic (exact) mass is 194 g/mol. The fourth-order valence-electron chi connectivity index (χ4n) is 2.05. The number of carbonyl (C=O) groups excluding carboxylic acids is 1. The van der Waals surface area contributed by atoms with Gasteiger partial charge in [0.15, 0.2) is 0 Å². The van der Waals surface area contributed by atoms with Crippen LogP contribution in [-0.2, 0) is 4.79 Å². The molecule has 1 saturated carbocycles. The number of hydrogen-bond donors (Lipinski definition) is 0. The van der Waals surface area contributed by atoms with Gasteiger partial charge in [0, 0.05) is 25.4 Å². The highest BCUT2D eigenvalue weighted by Gasteiger charge is 2.25. The van der Waals surface area contributed by atoms with Gasteiger partial charge in [0.25, 0.3) is 0 Å². The summed E-state index contributed by atoms with van der Waals surface area (Å²) < 4.78 is 0. The van der Waals surface area contributed by atoms with Crippen molar-refractivity contribution >= 4 is 5.91 Å². The predicted molar refractivity (Wildman–Crippen MR) is 54.4 cm³/mol. The van der Waals surface area contributed by atoms with Gasteiger partial charge in [0.1, 0.15) is 0 Å². The molecule has 0 heterocycles.